The second kappa shape index (κ2) is 9.56. The number of fused-ring (bicyclic) bond motifs is 1. The Morgan fingerprint density at radius 2 is 2.08 bits per heavy atom. The molecule has 140 valence electrons. The number of thioether (sulfide) groups is 1. The van der Waals surface area contributed by atoms with Crippen LogP contribution in [0.4, 0.5) is 4.39 Å². The van der Waals surface area contributed by atoms with E-state index in [2.05, 4.69) is 30.4 Å². The first-order valence-electron chi connectivity index (χ1n) is 9.00. The number of guanidine groups is 1. The molecule has 0 spiro atoms. The van der Waals surface area contributed by atoms with E-state index < -0.39 is 0 Å². The fourth-order valence-electron chi connectivity index (χ4n) is 2.88. The first kappa shape index (κ1) is 18.7. The maximum Gasteiger partial charge on any atom is 0.191 e. The van der Waals surface area contributed by atoms with Crippen LogP contribution in [-0.2, 0) is 19.5 Å². The maximum atomic E-state index is 12.9. The van der Waals surface area contributed by atoms with Crippen LogP contribution in [0.1, 0.15) is 30.9 Å². The van der Waals surface area contributed by atoms with Crippen molar-refractivity contribution in [3.63, 3.8) is 0 Å². The monoisotopic (exact) mass is 376 g/mol. The number of aromatic nitrogens is 3. The minimum absolute atomic E-state index is 0.195. The Balaban J connectivity index is 1.36. The van der Waals surface area contributed by atoms with Crippen molar-refractivity contribution in [1.82, 2.24) is 25.4 Å². The van der Waals surface area contributed by atoms with E-state index in [1.54, 1.807) is 18.8 Å². The van der Waals surface area contributed by atoms with Gasteiger partial charge in [0.05, 0.1) is 6.54 Å². The van der Waals surface area contributed by atoms with Gasteiger partial charge in [-0.3, -0.25) is 4.99 Å². The van der Waals surface area contributed by atoms with Gasteiger partial charge in [-0.05, 0) is 49.3 Å². The van der Waals surface area contributed by atoms with E-state index in [9.17, 15) is 4.39 Å². The molecule has 26 heavy (non-hydrogen) atoms. The zero-order valence-electron chi connectivity index (χ0n) is 15.0. The number of hydrogen-bond donors (Lipinski definition) is 2. The molecule has 0 saturated heterocycles. The highest BCUT2D eigenvalue weighted by Gasteiger charge is 2.15. The summed E-state index contributed by atoms with van der Waals surface area (Å²) in [5.74, 6) is 3.60. The summed E-state index contributed by atoms with van der Waals surface area (Å²) in [6, 6.07) is 6.62. The molecular formula is C18H25FN6S. The first-order valence-corrected chi connectivity index (χ1v) is 9.98. The molecule has 2 aromatic rings. The van der Waals surface area contributed by atoms with Crippen LogP contribution in [0, 0.1) is 5.82 Å². The van der Waals surface area contributed by atoms with Crippen molar-refractivity contribution >= 4 is 17.7 Å². The minimum Gasteiger partial charge on any atom is -0.356 e. The number of hydrogen-bond acceptors (Lipinski definition) is 4. The van der Waals surface area contributed by atoms with E-state index in [0.29, 0.717) is 6.54 Å². The van der Waals surface area contributed by atoms with Gasteiger partial charge in [-0.15, -0.1) is 22.0 Å². The van der Waals surface area contributed by atoms with Crippen LogP contribution < -0.4 is 10.6 Å². The number of benzene rings is 1. The molecule has 1 aliphatic heterocycles. The van der Waals surface area contributed by atoms with Gasteiger partial charge in [0.2, 0.25) is 0 Å². The summed E-state index contributed by atoms with van der Waals surface area (Å²) in [6.07, 6.45) is 4.40. The van der Waals surface area contributed by atoms with Gasteiger partial charge in [0.1, 0.15) is 11.6 Å². The lowest BCUT2D eigenvalue weighted by molar-refractivity contribution is 0.504. The highest BCUT2D eigenvalue weighted by Crippen LogP contribution is 2.18. The topological polar surface area (TPSA) is 67.1 Å². The summed E-state index contributed by atoms with van der Waals surface area (Å²) >= 11 is 1.73. The van der Waals surface area contributed by atoms with Crippen LogP contribution in [0.5, 0.6) is 0 Å². The molecule has 0 unspecified atom stereocenters. The molecule has 1 aromatic heterocycles. The van der Waals surface area contributed by atoms with Crippen LogP contribution in [0.15, 0.2) is 34.2 Å². The van der Waals surface area contributed by atoms with E-state index in [1.165, 1.54) is 25.0 Å². The Labute approximate surface area is 157 Å². The molecule has 3 rings (SSSR count). The zero-order valence-corrected chi connectivity index (χ0v) is 15.9. The van der Waals surface area contributed by atoms with Crippen LogP contribution in [0.3, 0.4) is 0 Å². The fraction of sp³-hybridized carbons (Fsp3) is 0.500. The summed E-state index contributed by atoms with van der Waals surface area (Å²) in [4.78, 5) is 5.34. The second-order valence-corrected chi connectivity index (χ2v) is 7.32. The van der Waals surface area contributed by atoms with E-state index in [4.69, 9.17) is 0 Å². The molecule has 0 bridgehead atoms. The molecule has 2 N–H and O–H groups in total. The van der Waals surface area contributed by atoms with E-state index >= 15 is 0 Å². The molecule has 8 heteroatoms. The average Bonchev–Trinajstić information content (AvgIpc) is 3.08. The van der Waals surface area contributed by atoms with Gasteiger partial charge in [-0.2, -0.15) is 0 Å². The lowest BCUT2D eigenvalue weighted by Crippen LogP contribution is -2.38. The molecule has 0 aliphatic carbocycles. The van der Waals surface area contributed by atoms with Crippen molar-refractivity contribution in [2.45, 2.75) is 43.7 Å². The molecule has 2 heterocycles. The predicted octanol–water partition coefficient (Wildman–Crippen LogP) is 2.60. The smallest absolute Gasteiger partial charge is 0.191 e. The molecule has 0 fully saturated rings. The summed E-state index contributed by atoms with van der Waals surface area (Å²) in [5, 5.41) is 15.2. The van der Waals surface area contributed by atoms with Crippen molar-refractivity contribution in [1.29, 1.82) is 0 Å². The number of nitrogens with one attached hydrogen (secondary N) is 2. The van der Waals surface area contributed by atoms with Crippen molar-refractivity contribution in [2.75, 3.05) is 19.3 Å². The van der Waals surface area contributed by atoms with Crippen LogP contribution >= 0.6 is 11.8 Å². The molecule has 1 aromatic carbocycles. The first-order chi connectivity index (χ1) is 12.8. The van der Waals surface area contributed by atoms with Gasteiger partial charge in [-0.1, -0.05) is 0 Å². The average molecular weight is 377 g/mol. The van der Waals surface area contributed by atoms with E-state index in [0.717, 1.165) is 54.2 Å². The standard InChI is InChI=1S/C18H25FN6S/c1-20-18(21-10-4-12-26-15-8-6-14(19)7-9-15)22-13-17-24-23-16-5-2-3-11-25(16)17/h6-9H,2-5,10-13H2,1H3,(H2,20,21,22). The van der Waals surface area contributed by atoms with Crippen LogP contribution in [0.2, 0.25) is 0 Å². The molecule has 0 saturated carbocycles. The molecule has 0 atom stereocenters. The highest BCUT2D eigenvalue weighted by molar-refractivity contribution is 7.99. The molecule has 1 aliphatic rings. The van der Waals surface area contributed by atoms with Crippen molar-refractivity contribution in [3.8, 4) is 0 Å². The Hall–Kier alpha value is -2.09. The SMILES string of the molecule is CN=C(NCCCSc1ccc(F)cc1)NCc1nnc2n1CCCC2. The van der Waals surface area contributed by atoms with E-state index in [-0.39, 0.29) is 5.82 Å². The third-order valence-electron chi connectivity index (χ3n) is 4.27. The van der Waals surface area contributed by atoms with Crippen LogP contribution in [-0.4, -0.2) is 40.1 Å². The summed E-state index contributed by atoms with van der Waals surface area (Å²) in [5.41, 5.74) is 0. The Kier molecular flexibility index (Phi) is 6.88. The van der Waals surface area contributed by atoms with Gasteiger partial charge < -0.3 is 15.2 Å². The van der Waals surface area contributed by atoms with Gasteiger partial charge in [0.15, 0.2) is 11.8 Å². The van der Waals surface area contributed by atoms with Crippen LogP contribution in [0.25, 0.3) is 0 Å². The van der Waals surface area contributed by atoms with Crippen molar-refractivity contribution in [2.24, 2.45) is 4.99 Å². The van der Waals surface area contributed by atoms with E-state index in [1.807, 2.05) is 12.1 Å². The summed E-state index contributed by atoms with van der Waals surface area (Å²) in [7, 11) is 1.77. The summed E-state index contributed by atoms with van der Waals surface area (Å²) in [6.45, 7) is 2.45. The Morgan fingerprint density at radius 3 is 2.88 bits per heavy atom. The Bertz CT molecular complexity index is 728. The third-order valence-corrected chi connectivity index (χ3v) is 5.37. The highest BCUT2D eigenvalue weighted by atomic mass is 32.2. The molecule has 6 nitrogen and oxygen atoms in total. The number of halogens is 1. The van der Waals surface area contributed by atoms with Crippen molar-refractivity contribution < 1.29 is 4.39 Å². The molecule has 0 amide bonds. The number of rotatable bonds is 7. The van der Waals surface area contributed by atoms with Gasteiger partial charge >= 0.3 is 0 Å². The predicted molar refractivity (Wildman–Crippen MR) is 103 cm³/mol. The van der Waals surface area contributed by atoms with Gasteiger partial charge in [0, 0.05) is 31.5 Å². The fourth-order valence-corrected chi connectivity index (χ4v) is 3.74. The molecule has 0 radical (unpaired) electrons. The lowest BCUT2D eigenvalue weighted by Gasteiger charge is -2.16. The summed E-state index contributed by atoms with van der Waals surface area (Å²) < 4.78 is 15.1. The number of aliphatic imine (C=N–C) groups is 1. The number of aryl methyl sites for hydroxylation is 1. The third kappa shape index (κ3) is 5.20. The Morgan fingerprint density at radius 1 is 1.23 bits per heavy atom. The zero-order chi connectivity index (χ0) is 18.2. The van der Waals surface area contributed by atoms with Gasteiger partial charge in [0.25, 0.3) is 0 Å². The number of nitrogens with zero attached hydrogens (tertiary/aromatic N) is 4. The second-order valence-electron chi connectivity index (χ2n) is 6.15. The van der Waals surface area contributed by atoms with Gasteiger partial charge in [-0.25, -0.2) is 4.39 Å². The largest absolute Gasteiger partial charge is 0.356 e. The van der Waals surface area contributed by atoms with Crippen molar-refractivity contribution in [3.05, 3.63) is 41.7 Å². The quantitative estimate of drug-likeness (QED) is 0.337. The maximum absolute atomic E-state index is 12.9. The normalized spacial score (nSPS) is 14.2. The minimum atomic E-state index is -0.195. The molecular weight excluding hydrogens is 351 g/mol. The lowest BCUT2D eigenvalue weighted by atomic mass is 10.2.